The van der Waals surface area contributed by atoms with Crippen LogP contribution >= 0.6 is 0 Å². The molecule has 6 heteroatoms. The van der Waals surface area contributed by atoms with E-state index in [0.717, 1.165) is 11.3 Å². The van der Waals surface area contributed by atoms with Gasteiger partial charge in [0.15, 0.2) is 0 Å². The van der Waals surface area contributed by atoms with Crippen molar-refractivity contribution in [3.63, 3.8) is 0 Å². The number of nitrogens with zero attached hydrogens (tertiary/aromatic N) is 2. The van der Waals surface area contributed by atoms with E-state index in [1.807, 2.05) is 52.0 Å². The molecule has 0 spiro atoms. The molecular weight excluding hydrogens is 270 g/mol. The highest BCUT2D eigenvalue weighted by atomic mass is 16.5. The van der Waals surface area contributed by atoms with E-state index >= 15 is 0 Å². The molecule has 0 radical (unpaired) electrons. The van der Waals surface area contributed by atoms with Crippen molar-refractivity contribution in [2.24, 2.45) is 0 Å². The van der Waals surface area contributed by atoms with Crippen molar-refractivity contribution in [2.75, 3.05) is 0 Å². The van der Waals surface area contributed by atoms with Crippen LogP contribution in [-0.2, 0) is 0 Å². The zero-order chi connectivity index (χ0) is 15.4. The second-order valence-corrected chi connectivity index (χ2v) is 5.24. The Kier molecular flexibility index (Phi) is 4.57. The van der Waals surface area contributed by atoms with Gasteiger partial charge in [-0.2, -0.15) is 4.98 Å². The van der Waals surface area contributed by atoms with E-state index in [2.05, 4.69) is 15.5 Å². The summed E-state index contributed by atoms with van der Waals surface area (Å²) in [6, 6.07) is 7.33. The Morgan fingerprint density at radius 1 is 1.19 bits per heavy atom. The number of benzene rings is 1. The van der Waals surface area contributed by atoms with Gasteiger partial charge in [-0.15, -0.1) is 0 Å². The van der Waals surface area contributed by atoms with Crippen LogP contribution in [-0.4, -0.2) is 28.2 Å². The second kappa shape index (κ2) is 6.39. The van der Waals surface area contributed by atoms with E-state index in [1.54, 1.807) is 0 Å². The van der Waals surface area contributed by atoms with Gasteiger partial charge in [-0.1, -0.05) is 5.16 Å². The molecule has 0 aliphatic rings. The van der Waals surface area contributed by atoms with Gasteiger partial charge in [-0.3, -0.25) is 4.79 Å². The van der Waals surface area contributed by atoms with Crippen LogP contribution in [0.15, 0.2) is 28.8 Å². The third-order valence-electron chi connectivity index (χ3n) is 2.52. The van der Waals surface area contributed by atoms with E-state index in [1.165, 1.54) is 0 Å². The number of rotatable bonds is 5. The average Bonchev–Trinajstić information content (AvgIpc) is 2.87. The molecule has 0 aliphatic heterocycles. The van der Waals surface area contributed by atoms with Gasteiger partial charge in [0.25, 0.3) is 0 Å². The molecule has 0 saturated carbocycles. The van der Waals surface area contributed by atoms with Gasteiger partial charge in [-0.25, -0.2) is 0 Å². The number of carbonyl (C=O) groups excluding carboxylic acids is 1. The van der Waals surface area contributed by atoms with Crippen molar-refractivity contribution >= 4 is 5.91 Å². The summed E-state index contributed by atoms with van der Waals surface area (Å²) in [7, 11) is 0. The lowest BCUT2D eigenvalue weighted by atomic mass is 10.2. The molecule has 6 nitrogen and oxygen atoms in total. The first-order chi connectivity index (χ1) is 9.95. The zero-order valence-corrected chi connectivity index (χ0v) is 12.6. The van der Waals surface area contributed by atoms with Crippen molar-refractivity contribution < 1.29 is 14.1 Å². The minimum Gasteiger partial charge on any atom is -0.491 e. The zero-order valence-electron chi connectivity index (χ0n) is 12.6. The van der Waals surface area contributed by atoms with Crippen LogP contribution < -0.4 is 10.1 Å². The molecule has 2 rings (SSSR count). The number of amides is 1. The normalized spacial score (nSPS) is 11.0. The Bertz CT molecular complexity index is 603. The third-order valence-corrected chi connectivity index (χ3v) is 2.52. The summed E-state index contributed by atoms with van der Waals surface area (Å²) in [6.45, 7) is 7.66. The molecule has 0 aliphatic carbocycles. The van der Waals surface area contributed by atoms with Crippen LogP contribution in [0, 0.1) is 0 Å². The first-order valence-corrected chi connectivity index (χ1v) is 6.87. The van der Waals surface area contributed by atoms with Crippen molar-refractivity contribution in [2.45, 2.75) is 39.8 Å². The number of ether oxygens (including phenoxy) is 1. The summed E-state index contributed by atoms with van der Waals surface area (Å²) in [5.74, 6) is 0.736. The molecule has 1 amide bonds. The molecule has 2 aromatic rings. The summed E-state index contributed by atoms with van der Waals surface area (Å²) < 4.78 is 10.5. The molecule has 0 unspecified atom stereocenters. The Morgan fingerprint density at radius 3 is 2.43 bits per heavy atom. The standard InChI is InChI=1S/C15H19N3O3/c1-9(2)16-14(19)15-17-13(18-21-15)11-5-7-12(8-6-11)20-10(3)4/h5-10H,1-4H3,(H,16,19). The Labute approximate surface area is 123 Å². The third kappa shape index (κ3) is 4.05. The van der Waals surface area contributed by atoms with E-state index in [4.69, 9.17) is 9.26 Å². The van der Waals surface area contributed by atoms with Crippen LogP contribution in [0.5, 0.6) is 5.75 Å². The fourth-order valence-corrected chi connectivity index (χ4v) is 1.71. The lowest BCUT2D eigenvalue weighted by molar-refractivity contribution is 0.0899. The highest BCUT2D eigenvalue weighted by Gasteiger charge is 2.16. The van der Waals surface area contributed by atoms with Gasteiger partial charge < -0.3 is 14.6 Å². The highest BCUT2D eigenvalue weighted by Crippen LogP contribution is 2.20. The van der Waals surface area contributed by atoms with E-state index in [9.17, 15) is 4.79 Å². The Hall–Kier alpha value is -2.37. The van der Waals surface area contributed by atoms with Crippen LogP contribution in [0.2, 0.25) is 0 Å². The quantitative estimate of drug-likeness (QED) is 0.915. The van der Waals surface area contributed by atoms with Gasteiger partial charge in [0.1, 0.15) is 5.75 Å². The largest absolute Gasteiger partial charge is 0.491 e. The molecule has 21 heavy (non-hydrogen) atoms. The lowest BCUT2D eigenvalue weighted by Crippen LogP contribution is -2.30. The molecule has 1 heterocycles. The smallest absolute Gasteiger partial charge is 0.316 e. The molecule has 0 fully saturated rings. The maximum absolute atomic E-state index is 11.7. The Morgan fingerprint density at radius 2 is 1.86 bits per heavy atom. The fraction of sp³-hybridized carbons (Fsp3) is 0.400. The second-order valence-electron chi connectivity index (χ2n) is 5.24. The minimum absolute atomic E-state index is 0.0142. The van der Waals surface area contributed by atoms with Gasteiger partial charge in [0.2, 0.25) is 5.82 Å². The Balaban J connectivity index is 2.12. The highest BCUT2D eigenvalue weighted by molar-refractivity contribution is 5.90. The first-order valence-electron chi connectivity index (χ1n) is 6.87. The number of aromatic nitrogens is 2. The maximum Gasteiger partial charge on any atom is 0.316 e. The summed E-state index contributed by atoms with van der Waals surface area (Å²) in [5, 5.41) is 6.52. The fourth-order valence-electron chi connectivity index (χ4n) is 1.71. The molecule has 1 aromatic heterocycles. The molecule has 112 valence electrons. The average molecular weight is 289 g/mol. The van der Waals surface area contributed by atoms with Crippen molar-refractivity contribution in [1.82, 2.24) is 15.5 Å². The first kappa shape index (κ1) is 15.0. The van der Waals surface area contributed by atoms with E-state index in [-0.39, 0.29) is 23.9 Å². The van der Waals surface area contributed by atoms with E-state index in [0.29, 0.717) is 5.82 Å². The van der Waals surface area contributed by atoms with E-state index < -0.39 is 0 Å². The summed E-state index contributed by atoms with van der Waals surface area (Å²) >= 11 is 0. The van der Waals surface area contributed by atoms with Crippen LogP contribution in [0.3, 0.4) is 0 Å². The number of hydrogen-bond acceptors (Lipinski definition) is 5. The number of carbonyl (C=O) groups is 1. The number of nitrogens with one attached hydrogen (secondary N) is 1. The molecule has 0 bridgehead atoms. The SMILES string of the molecule is CC(C)NC(=O)c1nc(-c2ccc(OC(C)C)cc2)no1. The lowest BCUT2D eigenvalue weighted by Gasteiger charge is -2.09. The van der Waals surface area contributed by atoms with Gasteiger partial charge in [0.05, 0.1) is 6.10 Å². The monoisotopic (exact) mass is 289 g/mol. The topological polar surface area (TPSA) is 77.2 Å². The van der Waals surface area contributed by atoms with Crippen molar-refractivity contribution in [1.29, 1.82) is 0 Å². The number of hydrogen-bond donors (Lipinski definition) is 1. The minimum atomic E-state index is -0.372. The maximum atomic E-state index is 11.7. The molecule has 0 atom stereocenters. The van der Waals surface area contributed by atoms with Crippen LogP contribution in [0.4, 0.5) is 0 Å². The molecular formula is C15H19N3O3. The predicted octanol–water partition coefficient (Wildman–Crippen LogP) is 2.66. The van der Waals surface area contributed by atoms with Crippen LogP contribution in [0.1, 0.15) is 38.4 Å². The van der Waals surface area contributed by atoms with Crippen molar-refractivity contribution in [3.05, 3.63) is 30.2 Å². The predicted molar refractivity (Wildman–Crippen MR) is 78.1 cm³/mol. The molecule has 1 aromatic carbocycles. The van der Waals surface area contributed by atoms with Crippen LogP contribution in [0.25, 0.3) is 11.4 Å². The molecule has 0 saturated heterocycles. The van der Waals surface area contributed by atoms with Crippen molar-refractivity contribution in [3.8, 4) is 17.1 Å². The summed E-state index contributed by atoms with van der Waals surface area (Å²) in [5.41, 5.74) is 0.762. The summed E-state index contributed by atoms with van der Waals surface area (Å²) in [4.78, 5) is 15.8. The van der Waals surface area contributed by atoms with Gasteiger partial charge in [0, 0.05) is 11.6 Å². The van der Waals surface area contributed by atoms with Gasteiger partial charge in [-0.05, 0) is 52.0 Å². The molecule has 1 N–H and O–H groups in total. The summed E-state index contributed by atoms with van der Waals surface area (Å²) in [6.07, 6.45) is 0.118. The van der Waals surface area contributed by atoms with Gasteiger partial charge >= 0.3 is 11.8 Å².